The number of hydrogen-bond donors (Lipinski definition) is 2. The summed E-state index contributed by atoms with van der Waals surface area (Å²) in [6, 6.07) is 0. The van der Waals surface area contributed by atoms with E-state index in [0.29, 0.717) is 16.7 Å². The van der Waals surface area contributed by atoms with E-state index in [-0.39, 0.29) is 18.7 Å². The first-order chi connectivity index (χ1) is 7.56. The third-order valence-corrected chi connectivity index (χ3v) is 2.60. The van der Waals surface area contributed by atoms with Crippen molar-refractivity contribution in [1.29, 1.82) is 0 Å². The molecule has 3 N–H and O–H groups in total. The Balaban J connectivity index is 2.88. The molecule has 2 aromatic rings. The molecule has 0 aliphatic carbocycles. The van der Waals surface area contributed by atoms with E-state index in [1.165, 1.54) is 4.68 Å². The van der Waals surface area contributed by atoms with Gasteiger partial charge in [-0.25, -0.2) is 4.68 Å². The van der Waals surface area contributed by atoms with Crippen molar-refractivity contribution in [3.8, 4) is 0 Å². The highest BCUT2D eigenvalue weighted by atomic mass is 16.3. The van der Waals surface area contributed by atoms with Gasteiger partial charge in [0.15, 0.2) is 5.82 Å². The first-order valence-electron chi connectivity index (χ1n) is 4.99. The van der Waals surface area contributed by atoms with Crippen molar-refractivity contribution >= 4 is 16.7 Å². The van der Waals surface area contributed by atoms with Gasteiger partial charge >= 0.3 is 0 Å². The predicted octanol–water partition coefficient (Wildman–Crippen LogP) is -0.382. The lowest BCUT2D eigenvalue weighted by Gasteiger charge is -2.05. The topological polar surface area (TPSA) is 86.1 Å². The quantitative estimate of drug-likeness (QED) is 0.725. The molecule has 0 saturated heterocycles. The number of aliphatic hydroxyl groups is 1. The minimum absolute atomic E-state index is 0.138. The maximum atomic E-state index is 12.0. The summed E-state index contributed by atoms with van der Waals surface area (Å²) < 4.78 is 2.93. The van der Waals surface area contributed by atoms with E-state index >= 15 is 0 Å². The van der Waals surface area contributed by atoms with Gasteiger partial charge in [0.1, 0.15) is 5.52 Å². The second-order valence-electron chi connectivity index (χ2n) is 3.78. The highest BCUT2D eigenvalue weighted by Gasteiger charge is 2.13. The van der Waals surface area contributed by atoms with Crippen LogP contribution >= 0.6 is 0 Å². The normalized spacial score (nSPS) is 11.2. The summed E-state index contributed by atoms with van der Waals surface area (Å²) in [7, 11) is 1.79. The summed E-state index contributed by atoms with van der Waals surface area (Å²) in [5, 5.41) is 13.5. The first-order valence-corrected chi connectivity index (χ1v) is 4.99. The van der Waals surface area contributed by atoms with Crippen molar-refractivity contribution in [2.24, 2.45) is 7.05 Å². The summed E-state index contributed by atoms with van der Waals surface area (Å²) in [5.41, 5.74) is 7.03. The summed E-state index contributed by atoms with van der Waals surface area (Å²) in [6.45, 7) is 1.90. The maximum Gasteiger partial charge on any atom is 0.291 e. The molecule has 2 rings (SSSR count). The molecule has 0 fully saturated rings. The van der Waals surface area contributed by atoms with E-state index in [4.69, 9.17) is 10.8 Å². The van der Waals surface area contributed by atoms with Gasteiger partial charge in [-0.1, -0.05) is 0 Å². The average molecular weight is 222 g/mol. The van der Waals surface area contributed by atoms with Crippen molar-refractivity contribution in [3.63, 3.8) is 0 Å². The van der Waals surface area contributed by atoms with Gasteiger partial charge in [0.05, 0.1) is 18.5 Å². The van der Waals surface area contributed by atoms with Gasteiger partial charge < -0.3 is 15.4 Å². The Kier molecular flexibility index (Phi) is 2.43. The number of nitrogens with two attached hydrogens (primary N) is 1. The fourth-order valence-corrected chi connectivity index (χ4v) is 1.96. The number of aromatic nitrogens is 3. The molecule has 0 saturated carbocycles. The van der Waals surface area contributed by atoms with E-state index in [0.717, 1.165) is 5.56 Å². The van der Waals surface area contributed by atoms with Gasteiger partial charge in [0.25, 0.3) is 5.56 Å². The molecule has 0 unspecified atom stereocenters. The minimum Gasteiger partial charge on any atom is -0.394 e. The van der Waals surface area contributed by atoms with Crippen molar-refractivity contribution < 1.29 is 5.11 Å². The van der Waals surface area contributed by atoms with Gasteiger partial charge in [0, 0.05) is 13.2 Å². The lowest BCUT2D eigenvalue weighted by Crippen LogP contribution is -2.26. The van der Waals surface area contributed by atoms with Gasteiger partial charge in [0.2, 0.25) is 0 Å². The smallest absolute Gasteiger partial charge is 0.291 e. The fourth-order valence-electron chi connectivity index (χ4n) is 1.96. The predicted molar refractivity (Wildman–Crippen MR) is 61.2 cm³/mol. The van der Waals surface area contributed by atoms with E-state index < -0.39 is 0 Å². The van der Waals surface area contributed by atoms with Gasteiger partial charge in [-0.05, 0) is 12.5 Å². The van der Waals surface area contributed by atoms with Crippen LogP contribution in [0.5, 0.6) is 0 Å². The Morgan fingerprint density at radius 3 is 2.88 bits per heavy atom. The third-order valence-electron chi connectivity index (χ3n) is 2.60. The second kappa shape index (κ2) is 3.64. The van der Waals surface area contributed by atoms with Gasteiger partial charge in [-0.2, -0.15) is 5.10 Å². The minimum atomic E-state index is -0.228. The third kappa shape index (κ3) is 1.38. The van der Waals surface area contributed by atoms with Crippen LogP contribution in [0.15, 0.2) is 11.0 Å². The molecular formula is C10H14N4O2. The first kappa shape index (κ1) is 10.7. The SMILES string of the molecule is Cc1cn(C)c2c(=O)n(CCO)nc(N)c12. The van der Waals surface area contributed by atoms with Crippen LogP contribution in [0.3, 0.4) is 0 Å². The van der Waals surface area contributed by atoms with Crippen LogP contribution in [0, 0.1) is 6.92 Å². The summed E-state index contributed by atoms with van der Waals surface area (Å²) in [6.07, 6.45) is 1.84. The fraction of sp³-hybridized carbons (Fsp3) is 0.400. The van der Waals surface area contributed by atoms with E-state index in [1.807, 2.05) is 13.1 Å². The lowest BCUT2D eigenvalue weighted by molar-refractivity contribution is 0.267. The Bertz CT molecular complexity index is 597. The van der Waals surface area contributed by atoms with Crippen LogP contribution in [0.1, 0.15) is 5.56 Å². The zero-order valence-electron chi connectivity index (χ0n) is 9.27. The number of aryl methyl sites for hydroxylation is 2. The van der Waals surface area contributed by atoms with Gasteiger partial charge in [-0.15, -0.1) is 0 Å². The molecule has 6 nitrogen and oxygen atoms in total. The molecule has 2 aromatic heterocycles. The van der Waals surface area contributed by atoms with Gasteiger partial charge in [-0.3, -0.25) is 4.79 Å². The second-order valence-corrected chi connectivity index (χ2v) is 3.78. The van der Waals surface area contributed by atoms with Crippen molar-refractivity contribution in [3.05, 3.63) is 22.1 Å². The zero-order chi connectivity index (χ0) is 11.9. The molecule has 0 aliphatic heterocycles. The Morgan fingerprint density at radius 2 is 2.25 bits per heavy atom. The number of hydrogen-bond acceptors (Lipinski definition) is 4. The molecule has 86 valence electrons. The van der Waals surface area contributed by atoms with Crippen LogP contribution in [-0.4, -0.2) is 26.1 Å². The Morgan fingerprint density at radius 1 is 1.56 bits per heavy atom. The molecule has 0 spiro atoms. The number of rotatable bonds is 2. The largest absolute Gasteiger partial charge is 0.394 e. The Labute approximate surface area is 91.9 Å². The Hall–Kier alpha value is -1.82. The summed E-state index contributed by atoms with van der Waals surface area (Å²) in [5.74, 6) is 0.321. The molecule has 0 atom stereocenters. The van der Waals surface area contributed by atoms with Crippen molar-refractivity contribution in [1.82, 2.24) is 14.3 Å². The lowest BCUT2D eigenvalue weighted by atomic mass is 10.2. The zero-order valence-corrected chi connectivity index (χ0v) is 9.27. The standard InChI is InChI=1S/C10H14N4O2/c1-6-5-13(2)8-7(6)9(11)12-14(3-4-15)10(8)16/h5,15H,3-4H2,1-2H3,(H2,11,12). The maximum absolute atomic E-state index is 12.0. The number of fused-ring (bicyclic) bond motifs is 1. The molecule has 16 heavy (non-hydrogen) atoms. The highest BCUT2D eigenvalue weighted by molar-refractivity contribution is 5.91. The van der Waals surface area contributed by atoms with E-state index in [9.17, 15) is 4.79 Å². The van der Waals surface area contributed by atoms with Crippen LogP contribution in [0.2, 0.25) is 0 Å². The molecule has 0 radical (unpaired) electrons. The van der Waals surface area contributed by atoms with E-state index in [1.54, 1.807) is 11.6 Å². The van der Waals surface area contributed by atoms with Crippen molar-refractivity contribution in [2.75, 3.05) is 12.3 Å². The highest BCUT2D eigenvalue weighted by Crippen LogP contribution is 2.20. The molecular weight excluding hydrogens is 208 g/mol. The molecule has 0 aromatic carbocycles. The number of anilines is 1. The van der Waals surface area contributed by atoms with Crippen LogP contribution in [0.25, 0.3) is 10.9 Å². The number of nitrogens with zero attached hydrogens (tertiary/aromatic N) is 3. The van der Waals surface area contributed by atoms with Crippen molar-refractivity contribution in [2.45, 2.75) is 13.5 Å². The average Bonchev–Trinajstić information content (AvgIpc) is 2.51. The monoisotopic (exact) mass is 222 g/mol. The summed E-state index contributed by atoms with van der Waals surface area (Å²) >= 11 is 0. The number of nitrogen functional groups attached to an aromatic ring is 1. The van der Waals surface area contributed by atoms with Crippen LogP contribution < -0.4 is 11.3 Å². The van der Waals surface area contributed by atoms with Crippen LogP contribution in [0.4, 0.5) is 5.82 Å². The van der Waals surface area contributed by atoms with Crippen LogP contribution in [-0.2, 0) is 13.6 Å². The molecule has 2 heterocycles. The molecule has 0 aliphatic rings. The molecule has 6 heteroatoms. The molecule has 0 bridgehead atoms. The number of aliphatic hydroxyl groups excluding tert-OH is 1. The molecule has 0 amide bonds. The summed E-state index contributed by atoms with van der Waals surface area (Å²) in [4.78, 5) is 12.0. The van der Waals surface area contributed by atoms with E-state index in [2.05, 4.69) is 5.10 Å².